The van der Waals surface area contributed by atoms with Crippen LogP contribution in [0.1, 0.15) is 11.4 Å². The van der Waals surface area contributed by atoms with Crippen LogP contribution in [0.25, 0.3) is 21.8 Å². The predicted octanol–water partition coefficient (Wildman–Crippen LogP) is 5.49. The van der Waals surface area contributed by atoms with Crippen molar-refractivity contribution in [3.8, 4) is 0 Å². The molecule has 2 aromatic carbocycles. The topological polar surface area (TPSA) is 72.7 Å². The number of hydrogen-bond donors (Lipinski definition) is 2. The molecule has 0 spiro atoms. The van der Waals surface area contributed by atoms with E-state index < -0.39 is 11.1 Å². The van der Waals surface area contributed by atoms with Gasteiger partial charge in [0.1, 0.15) is 11.4 Å². The standard InChI is InChI=1S/C37H25N5/c38-30-20-22-41(32-8-3-1-6-28(30)32)36(24-12-13-25(36)15-14-24)34-10-5-11-35(40-34)37(26-16-17-27(37)19-18-26)42-23-21-31(39)29-7-2-4-9-33(29)42/h1-23,38-39H/p+2. The van der Waals surface area contributed by atoms with E-state index in [-0.39, 0.29) is 0 Å². The Morgan fingerprint density at radius 2 is 0.881 bits per heavy atom. The van der Waals surface area contributed by atoms with Crippen LogP contribution in [0, 0.1) is 0 Å². The summed E-state index contributed by atoms with van der Waals surface area (Å²) in [5.41, 5.74) is 22.1. The van der Waals surface area contributed by atoms with Crippen molar-refractivity contribution in [3.63, 3.8) is 0 Å². The number of benzene rings is 2. The van der Waals surface area contributed by atoms with Gasteiger partial charge in [-0.3, -0.25) is 0 Å². The minimum Gasteiger partial charge on any atom is -0.398 e. The fraction of sp³-hybridized carbons (Fsp3) is 0.0541. The monoisotopic (exact) mass is 541 g/mol. The molecule has 3 aromatic heterocycles. The average molecular weight is 542 g/mol. The lowest BCUT2D eigenvalue weighted by molar-refractivity contribution is -0.711. The number of hydrogen-bond acceptors (Lipinski definition) is 3. The van der Waals surface area contributed by atoms with E-state index in [1.54, 1.807) is 0 Å². The lowest BCUT2D eigenvalue weighted by Gasteiger charge is -2.29. The minimum atomic E-state index is -0.605. The summed E-state index contributed by atoms with van der Waals surface area (Å²) in [6.07, 6.45) is 21.9. The number of nitrogen functional groups attached to an aromatic ring is 2. The molecule has 0 radical (unpaired) electrons. The normalized spacial score (nSPS) is 18.5. The highest BCUT2D eigenvalue weighted by Crippen LogP contribution is 2.49. The highest BCUT2D eigenvalue weighted by atomic mass is 15.1. The molecule has 0 aliphatic heterocycles. The molecular weight excluding hydrogens is 514 g/mol. The molecule has 42 heavy (non-hydrogen) atoms. The molecule has 0 fully saturated rings. The molecule has 9 rings (SSSR count). The zero-order valence-corrected chi connectivity index (χ0v) is 22.8. The molecule has 0 amide bonds. The first-order valence-corrected chi connectivity index (χ1v) is 14.2. The first-order valence-electron chi connectivity index (χ1n) is 14.2. The van der Waals surface area contributed by atoms with Crippen LogP contribution in [-0.2, 0) is 11.1 Å². The highest BCUT2D eigenvalue weighted by molar-refractivity contribution is 5.88. The summed E-state index contributed by atoms with van der Waals surface area (Å²) >= 11 is 0. The van der Waals surface area contributed by atoms with Crippen LogP contribution in [0.3, 0.4) is 0 Å². The van der Waals surface area contributed by atoms with Crippen molar-refractivity contribution >= 4 is 33.2 Å². The number of nitrogens with two attached hydrogens (primary N) is 2. The van der Waals surface area contributed by atoms with Crippen molar-refractivity contribution in [2.75, 3.05) is 11.5 Å². The minimum absolute atomic E-state index is 0.605. The van der Waals surface area contributed by atoms with Gasteiger partial charge in [-0.2, -0.15) is 9.13 Å². The summed E-state index contributed by atoms with van der Waals surface area (Å²) in [6.45, 7) is 0. The van der Waals surface area contributed by atoms with Gasteiger partial charge in [0.25, 0.3) is 11.1 Å². The summed E-state index contributed by atoms with van der Waals surface area (Å²) in [5.74, 6) is 0. The smallest absolute Gasteiger partial charge is 0.261 e. The van der Waals surface area contributed by atoms with Crippen molar-refractivity contribution in [2.24, 2.45) is 0 Å². The largest absolute Gasteiger partial charge is 0.398 e. The molecule has 0 saturated heterocycles. The second kappa shape index (κ2) is 8.02. The number of nitrogens with zero attached hydrogens (tertiary/aromatic N) is 3. The number of para-hydroxylation sites is 2. The summed E-state index contributed by atoms with van der Waals surface area (Å²) in [6, 6.07) is 27.2. The number of fused-ring (bicyclic) bond motifs is 6. The highest BCUT2D eigenvalue weighted by Gasteiger charge is 2.58. The quantitative estimate of drug-likeness (QED) is 0.296. The van der Waals surface area contributed by atoms with E-state index in [2.05, 4.69) is 125 Å². The molecule has 5 aromatic rings. The van der Waals surface area contributed by atoms with Gasteiger partial charge >= 0.3 is 0 Å². The summed E-state index contributed by atoms with van der Waals surface area (Å²) in [5, 5.41) is 2.05. The molecule has 3 heterocycles. The lowest BCUT2D eigenvalue weighted by atomic mass is 9.83. The summed E-state index contributed by atoms with van der Waals surface area (Å²) < 4.78 is 4.68. The van der Waals surface area contributed by atoms with Gasteiger partial charge in [0.05, 0.1) is 22.1 Å². The van der Waals surface area contributed by atoms with Gasteiger partial charge in [-0.15, -0.1) is 0 Å². The van der Waals surface area contributed by atoms with Crippen LogP contribution in [0.4, 0.5) is 11.4 Å². The molecule has 198 valence electrons. The number of allylic oxidation sites excluding steroid dienone is 12. The fourth-order valence-corrected chi connectivity index (χ4v) is 7.56. The zero-order chi connectivity index (χ0) is 28.1. The van der Waals surface area contributed by atoms with Gasteiger partial charge in [0.15, 0.2) is 12.4 Å². The van der Waals surface area contributed by atoms with Crippen LogP contribution < -0.4 is 20.6 Å². The van der Waals surface area contributed by atoms with Gasteiger partial charge in [0.2, 0.25) is 11.0 Å². The van der Waals surface area contributed by atoms with Crippen molar-refractivity contribution in [3.05, 3.63) is 174 Å². The Bertz CT molecular complexity index is 2030. The van der Waals surface area contributed by atoms with Gasteiger partial charge in [-0.05, 0) is 24.3 Å². The maximum atomic E-state index is 6.47. The molecule has 5 heteroatoms. The van der Waals surface area contributed by atoms with E-state index in [0.717, 1.165) is 44.6 Å². The lowest BCUT2D eigenvalue weighted by Crippen LogP contribution is -2.59. The molecule has 0 saturated carbocycles. The number of pyridine rings is 3. The third kappa shape index (κ3) is 2.66. The van der Waals surface area contributed by atoms with Gasteiger partial charge in [-0.1, -0.05) is 78.9 Å². The zero-order valence-electron chi connectivity index (χ0n) is 22.8. The first-order chi connectivity index (χ1) is 20.6. The molecule has 4 N–H and O–H groups in total. The van der Waals surface area contributed by atoms with E-state index in [1.165, 1.54) is 22.3 Å². The van der Waals surface area contributed by atoms with Crippen LogP contribution in [0.2, 0.25) is 0 Å². The Labute approximate surface area is 243 Å². The van der Waals surface area contributed by atoms with E-state index in [9.17, 15) is 0 Å². The fourth-order valence-electron chi connectivity index (χ4n) is 7.56. The van der Waals surface area contributed by atoms with Crippen molar-refractivity contribution in [2.45, 2.75) is 11.1 Å². The second-order valence-corrected chi connectivity index (χ2v) is 11.3. The third-order valence-corrected chi connectivity index (χ3v) is 9.41. The average Bonchev–Trinajstić information content (AvgIpc) is 3.80. The Morgan fingerprint density at radius 1 is 0.476 bits per heavy atom. The van der Waals surface area contributed by atoms with E-state index >= 15 is 0 Å². The number of anilines is 2. The van der Waals surface area contributed by atoms with Crippen LogP contribution >= 0.6 is 0 Å². The predicted molar refractivity (Wildman–Crippen MR) is 166 cm³/mol. The molecule has 0 unspecified atom stereocenters. The Hall–Kier alpha value is -5.55. The summed E-state index contributed by atoms with van der Waals surface area (Å²) in [7, 11) is 0. The van der Waals surface area contributed by atoms with Gasteiger partial charge in [-0.25, -0.2) is 4.98 Å². The van der Waals surface area contributed by atoms with E-state index in [4.69, 9.17) is 16.5 Å². The maximum absolute atomic E-state index is 6.47. The molecule has 5 nitrogen and oxygen atoms in total. The Balaban J connectivity index is 1.34. The molecule has 4 aliphatic rings. The molecule has 4 aliphatic carbocycles. The van der Waals surface area contributed by atoms with E-state index in [0.29, 0.717) is 0 Å². The molecule has 4 bridgehead atoms. The first kappa shape index (κ1) is 23.2. The maximum Gasteiger partial charge on any atom is 0.261 e. The van der Waals surface area contributed by atoms with Crippen LogP contribution in [-0.4, -0.2) is 4.98 Å². The van der Waals surface area contributed by atoms with E-state index in [1.807, 2.05) is 24.3 Å². The van der Waals surface area contributed by atoms with Crippen molar-refractivity contribution in [1.82, 2.24) is 4.98 Å². The van der Waals surface area contributed by atoms with Crippen molar-refractivity contribution < 1.29 is 9.13 Å². The molecule has 0 atom stereocenters. The second-order valence-electron chi connectivity index (χ2n) is 11.3. The van der Waals surface area contributed by atoms with Crippen molar-refractivity contribution in [1.29, 1.82) is 0 Å². The Morgan fingerprint density at radius 3 is 1.29 bits per heavy atom. The summed E-state index contributed by atoms with van der Waals surface area (Å²) in [4.78, 5) is 5.63. The SMILES string of the molecule is Nc1cc[n+](C2(c3cccc(C4([n+]5ccc(N)c6ccccc65)C5=CC=C4C=C5)n3)C3=CC=C2C=C3)c2ccccc12. The van der Waals surface area contributed by atoms with Gasteiger partial charge in [0, 0.05) is 46.6 Å². The number of rotatable bonds is 4. The molecular formula is C37H27N5+2. The van der Waals surface area contributed by atoms with Crippen LogP contribution in [0.15, 0.2) is 162 Å². The Kier molecular flexibility index (Phi) is 4.42. The van der Waals surface area contributed by atoms with Gasteiger partial charge < -0.3 is 11.5 Å². The third-order valence-electron chi connectivity index (χ3n) is 9.41. The number of aromatic nitrogens is 3. The van der Waals surface area contributed by atoms with Crippen LogP contribution in [0.5, 0.6) is 0 Å².